The zero-order valence-electron chi connectivity index (χ0n) is 28.3. The molecule has 4 amide bonds. The van der Waals surface area contributed by atoms with Gasteiger partial charge in [0.25, 0.3) is 0 Å². The van der Waals surface area contributed by atoms with Crippen molar-refractivity contribution < 1.29 is 23.9 Å². The number of anilines is 6. The number of pyridine rings is 1. The molecule has 3 N–H and O–H groups in total. The molecule has 1 aromatic heterocycles. The van der Waals surface area contributed by atoms with E-state index >= 15 is 0 Å². The maximum Gasteiger partial charge on any atom is 0.329 e. The molecule has 0 saturated heterocycles. The van der Waals surface area contributed by atoms with E-state index in [1.165, 1.54) is 12.2 Å². The van der Waals surface area contributed by atoms with E-state index in [2.05, 4.69) is 29.1 Å². The van der Waals surface area contributed by atoms with Crippen LogP contribution in [0.15, 0.2) is 86.1 Å². The van der Waals surface area contributed by atoms with E-state index in [4.69, 9.17) is 14.5 Å². The lowest BCUT2D eigenvalue weighted by molar-refractivity contribution is -0.112. The van der Waals surface area contributed by atoms with Crippen LogP contribution in [-0.2, 0) is 22.6 Å². The summed E-state index contributed by atoms with van der Waals surface area (Å²) in [6.45, 7) is 13.5. The van der Waals surface area contributed by atoms with Crippen molar-refractivity contribution in [3.63, 3.8) is 0 Å². The van der Waals surface area contributed by atoms with Crippen LogP contribution in [0.25, 0.3) is 0 Å². The molecule has 11 heteroatoms. The highest BCUT2D eigenvalue weighted by atomic mass is 16.5. The summed E-state index contributed by atoms with van der Waals surface area (Å²) in [5.41, 5.74) is 7.68. The van der Waals surface area contributed by atoms with Crippen LogP contribution in [0.4, 0.5) is 39.0 Å². The number of amides is 4. The molecular formula is C38H40N6O5. The standard InChI is InChI=1S/C38H40N6O5/c1-8-34(45)40-28-15-13-26(14-16-28)17-18-43-30-19-33(42-36-23(3)11-10-12-29(36)41-35(46)9-2)39-21-27(30)22-44(38(43)47)37-24(4)31(48-6)20-32(49-7)25(37)5/h8-16,19-21H,1-2,17-18,22H2,3-7H3,(H,39,42)(H,40,45)(H,41,46). The molecule has 252 valence electrons. The second-order valence-corrected chi connectivity index (χ2v) is 11.6. The number of nitrogens with zero attached hydrogens (tertiary/aromatic N) is 3. The van der Waals surface area contributed by atoms with Gasteiger partial charge in [-0.2, -0.15) is 0 Å². The average molecular weight is 661 g/mol. The Balaban J connectivity index is 1.54. The number of carbonyl (C=O) groups excluding carboxylic acids is 3. The number of nitrogens with one attached hydrogen (secondary N) is 3. The first-order valence-corrected chi connectivity index (χ1v) is 15.7. The average Bonchev–Trinajstić information content (AvgIpc) is 3.10. The summed E-state index contributed by atoms with van der Waals surface area (Å²) in [5, 5.41) is 8.96. The number of para-hydroxylation sites is 1. The third-order valence-corrected chi connectivity index (χ3v) is 8.46. The van der Waals surface area contributed by atoms with E-state index in [1.807, 2.05) is 69.3 Å². The predicted octanol–water partition coefficient (Wildman–Crippen LogP) is 7.21. The quantitative estimate of drug-likeness (QED) is 0.137. The maximum absolute atomic E-state index is 14.6. The number of hydrogen-bond donors (Lipinski definition) is 3. The topological polar surface area (TPSA) is 125 Å². The Hall–Kier alpha value is -6.10. The van der Waals surface area contributed by atoms with Gasteiger partial charge in [0.1, 0.15) is 17.3 Å². The second-order valence-electron chi connectivity index (χ2n) is 11.6. The fraction of sp³-hybridized carbons (Fsp3) is 0.211. The van der Waals surface area contributed by atoms with Gasteiger partial charge in [-0.3, -0.25) is 19.4 Å². The molecule has 5 rings (SSSR count). The summed E-state index contributed by atoms with van der Waals surface area (Å²) < 4.78 is 11.3. The summed E-state index contributed by atoms with van der Waals surface area (Å²) in [5.74, 6) is 1.11. The van der Waals surface area contributed by atoms with Crippen molar-refractivity contribution >= 4 is 52.1 Å². The van der Waals surface area contributed by atoms with E-state index in [1.54, 1.807) is 36.3 Å². The molecule has 4 aromatic rings. The number of aryl methyl sites for hydroxylation is 1. The van der Waals surface area contributed by atoms with Crippen molar-refractivity contribution in [2.75, 3.05) is 46.5 Å². The first-order valence-electron chi connectivity index (χ1n) is 15.7. The van der Waals surface area contributed by atoms with E-state index < -0.39 is 0 Å². The molecule has 0 bridgehead atoms. The SMILES string of the molecule is C=CC(=O)Nc1ccc(CCN2C(=O)N(c3c(C)c(OC)cc(OC)c3C)Cc3cnc(Nc4c(C)cccc4NC(=O)C=C)cc32)cc1. The van der Waals surface area contributed by atoms with Gasteiger partial charge in [0.15, 0.2) is 0 Å². The lowest BCUT2D eigenvalue weighted by Gasteiger charge is -2.38. The third-order valence-electron chi connectivity index (χ3n) is 8.46. The lowest BCUT2D eigenvalue weighted by atomic mass is 10.0. The van der Waals surface area contributed by atoms with Crippen LogP contribution < -0.4 is 35.2 Å². The van der Waals surface area contributed by atoms with Crippen LogP contribution in [0.5, 0.6) is 11.5 Å². The van der Waals surface area contributed by atoms with Crippen molar-refractivity contribution in [2.45, 2.75) is 33.7 Å². The second kappa shape index (κ2) is 14.8. The van der Waals surface area contributed by atoms with Gasteiger partial charge in [-0.25, -0.2) is 9.78 Å². The van der Waals surface area contributed by atoms with Crippen molar-refractivity contribution in [3.05, 3.63) is 114 Å². The number of rotatable bonds is 12. The molecular weight excluding hydrogens is 620 g/mol. The number of urea groups is 1. The molecule has 1 aliphatic rings. The van der Waals surface area contributed by atoms with Crippen molar-refractivity contribution in [2.24, 2.45) is 0 Å². The van der Waals surface area contributed by atoms with Gasteiger partial charge < -0.3 is 25.4 Å². The molecule has 11 nitrogen and oxygen atoms in total. The number of hydrogen-bond acceptors (Lipinski definition) is 7. The molecule has 1 aliphatic heterocycles. The molecule has 0 spiro atoms. The zero-order valence-corrected chi connectivity index (χ0v) is 28.3. The number of benzene rings is 3. The summed E-state index contributed by atoms with van der Waals surface area (Å²) in [6, 6.07) is 16.5. The lowest BCUT2D eigenvalue weighted by Crippen LogP contribution is -2.48. The summed E-state index contributed by atoms with van der Waals surface area (Å²) in [7, 11) is 3.19. The van der Waals surface area contributed by atoms with Crippen LogP contribution in [0.3, 0.4) is 0 Å². The number of fused-ring (bicyclic) bond motifs is 1. The van der Waals surface area contributed by atoms with E-state index in [-0.39, 0.29) is 24.4 Å². The first-order chi connectivity index (χ1) is 23.6. The summed E-state index contributed by atoms with van der Waals surface area (Å²) in [6.07, 6.45) is 4.73. The van der Waals surface area contributed by atoms with Crippen LogP contribution in [0.1, 0.15) is 27.8 Å². The minimum atomic E-state index is -0.334. The Bertz CT molecular complexity index is 1910. The van der Waals surface area contributed by atoms with Gasteiger partial charge in [0.2, 0.25) is 11.8 Å². The molecule has 0 saturated carbocycles. The fourth-order valence-corrected chi connectivity index (χ4v) is 5.91. The molecule has 3 aromatic carbocycles. The highest BCUT2D eigenvalue weighted by molar-refractivity contribution is 6.08. The van der Waals surface area contributed by atoms with Crippen molar-refractivity contribution in [1.29, 1.82) is 0 Å². The maximum atomic E-state index is 14.6. The van der Waals surface area contributed by atoms with Crippen LogP contribution >= 0.6 is 0 Å². The van der Waals surface area contributed by atoms with Gasteiger partial charge in [-0.05, 0) is 68.7 Å². The van der Waals surface area contributed by atoms with Gasteiger partial charge in [0.05, 0.1) is 43.5 Å². The first kappa shape index (κ1) is 34.2. The molecule has 49 heavy (non-hydrogen) atoms. The zero-order chi connectivity index (χ0) is 35.2. The van der Waals surface area contributed by atoms with Crippen LogP contribution in [-0.4, -0.2) is 43.6 Å². The number of carbonyl (C=O) groups is 3. The molecule has 0 atom stereocenters. The summed E-state index contributed by atoms with van der Waals surface area (Å²) >= 11 is 0. The summed E-state index contributed by atoms with van der Waals surface area (Å²) in [4.78, 5) is 46.7. The van der Waals surface area contributed by atoms with Crippen molar-refractivity contribution in [1.82, 2.24) is 4.98 Å². The van der Waals surface area contributed by atoms with Gasteiger partial charge in [-0.15, -0.1) is 0 Å². The van der Waals surface area contributed by atoms with E-state index in [0.29, 0.717) is 58.7 Å². The Morgan fingerprint density at radius 1 is 0.918 bits per heavy atom. The Kier molecular flexibility index (Phi) is 10.3. The van der Waals surface area contributed by atoms with E-state index in [9.17, 15) is 14.4 Å². The molecule has 0 unspecified atom stereocenters. The van der Waals surface area contributed by atoms with Crippen molar-refractivity contribution in [3.8, 4) is 11.5 Å². The minimum absolute atomic E-state index is 0.212. The predicted molar refractivity (Wildman–Crippen MR) is 194 cm³/mol. The fourth-order valence-electron chi connectivity index (χ4n) is 5.91. The molecule has 0 aliphatic carbocycles. The van der Waals surface area contributed by atoms with Crippen LogP contribution in [0, 0.1) is 20.8 Å². The van der Waals surface area contributed by atoms with Gasteiger partial charge >= 0.3 is 6.03 Å². The number of ether oxygens (including phenoxy) is 2. The normalized spacial score (nSPS) is 12.1. The largest absolute Gasteiger partial charge is 0.496 e. The van der Waals surface area contributed by atoms with Crippen LogP contribution in [0.2, 0.25) is 0 Å². The van der Waals surface area contributed by atoms with Gasteiger partial charge in [-0.1, -0.05) is 37.4 Å². The molecule has 0 radical (unpaired) electrons. The Morgan fingerprint density at radius 2 is 1.57 bits per heavy atom. The third kappa shape index (κ3) is 7.25. The highest BCUT2D eigenvalue weighted by Gasteiger charge is 2.34. The molecule has 0 fully saturated rings. The number of methoxy groups -OCH3 is 2. The monoisotopic (exact) mass is 660 g/mol. The minimum Gasteiger partial charge on any atom is -0.496 e. The smallest absolute Gasteiger partial charge is 0.329 e. The van der Waals surface area contributed by atoms with Gasteiger partial charge in [0, 0.05) is 47.3 Å². The van der Waals surface area contributed by atoms with E-state index in [0.717, 1.165) is 27.8 Å². The Morgan fingerprint density at radius 3 is 2.20 bits per heavy atom. The number of aromatic nitrogens is 1. The Labute approximate surface area is 286 Å². The highest BCUT2D eigenvalue weighted by Crippen LogP contribution is 2.42. The molecule has 2 heterocycles.